The van der Waals surface area contributed by atoms with Crippen molar-refractivity contribution in [3.05, 3.63) is 105 Å². The molecule has 0 heterocycles. The van der Waals surface area contributed by atoms with Crippen molar-refractivity contribution in [2.24, 2.45) is 0 Å². The molecule has 0 radical (unpaired) electrons. The van der Waals surface area contributed by atoms with Gasteiger partial charge in [0.1, 0.15) is 12.4 Å². The summed E-state index contributed by atoms with van der Waals surface area (Å²) in [5.41, 5.74) is 4.71. The van der Waals surface area contributed by atoms with E-state index in [1.165, 1.54) is 23.3 Å². The first-order valence-corrected chi connectivity index (χ1v) is 10.2. The number of non-ortho nitro benzene ring substituents is 1. The molecule has 0 bridgehead atoms. The van der Waals surface area contributed by atoms with Crippen molar-refractivity contribution >= 4 is 17.9 Å². The lowest BCUT2D eigenvalue weighted by Gasteiger charge is -2.14. The van der Waals surface area contributed by atoms with Crippen molar-refractivity contribution in [1.82, 2.24) is 5.32 Å². The van der Waals surface area contributed by atoms with E-state index in [1.54, 1.807) is 12.2 Å². The van der Waals surface area contributed by atoms with Gasteiger partial charge in [0.2, 0.25) is 0 Å². The van der Waals surface area contributed by atoms with Gasteiger partial charge in [-0.05, 0) is 40.3 Å². The van der Waals surface area contributed by atoms with Crippen LogP contribution in [0.3, 0.4) is 0 Å². The van der Waals surface area contributed by atoms with Crippen LogP contribution in [0.25, 0.3) is 17.2 Å². The van der Waals surface area contributed by atoms with Crippen LogP contribution in [-0.4, -0.2) is 24.2 Å². The lowest BCUT2D eigenvalue weighted by atomic mass is 9.98. The number of carbonyl (C=O) groups is 1. The van der Waals surface area contributed by atoms with Crippen LogP contribution in [0.4, 0.5) is 14.9 Å². The summed E-state index contributed by atoms with van der Waals surface area (Å²) in [5, 5.41) is 13.5. The van der Waals surface area contributed by atoms with Crippen LogP contribution in [0.2, 0.25) is 0 Å². The highest BCUT2D eigenvalue weighted by molar-refractivity contribution is 5.79. The number of ether oxygens (including phenoxy) is 1. The van der Waals surface area contributed by atoms with Crippen molar-refractivity contribution in [1.29, 1.82) is 0 Å². The SMILES string of the molecule is O=C(NCCC=Cc1cc(F)cc([N+](=O)[O-])c1)OCC1c2ccccc2-c2ccccc21. The number of nitrogens with zero attached hydrogens (tertiary/aromatic N) is 1. The minimum atomic E-state index is -0.671. The molecule has 4 rings (SSSR count). The number of nitro groups is 1. The van der Waals surface area contributed by atoms with E-state index in [0.29, 0.717) is 18.5 Å². The fourth-order valence-corrected chi connectivity index (χ4v) is 3.92. The Balaban J connectivity index is 1.28. The molecule has 162 valence electrons. The zero-order chi connectivity index (χ0) is 22.5. The van der Waals surface area contributed by atoms with E-state index in [-0.39, 0.29) is 18.2 Å². The van der Waals surface area contributed by atoms with Crippen molar-refractivity contribution < 1.29 is 18.8 Å². The minimum Gasteiger partial charge on any atom is -0.449 e. The molecule has 0 saturated carbocycles. The second-order valence-corrected chi connectivity index (χ2v) is 7.44. The Morgan fingerprint density at radius 3 is 2.38 bits per heavy atom. The Morgan fingerprint density at radius 1 is 1.06 bits per heavy atom. The molecule has 0 saturated heterocycles. The van der Waals surface area contributed by atoms with Crippen LogP contribution in [0.5, 0.6) is 0 Å². The molecular formula is C25H21FN2O4. The fraction of sp³-hybridized carbons (Fsp3) is 0.160. The second kappa shape index (κ2) is 9.43. The van der Waals surface area contributed by atoms with Crippen LogP contribution in [0, 0.1) is 15.9 Å². The van der Waals surface area contributed by atoms with Crippen LogP contribution in [0.1, 0.15) is 29.0 Å². The molecule has 0 atom stereocenters. The second-order valence-electron chi connectivity index (χ2n) is 7.44. The zero-order valence-corrected chi connectivity index (χ0v) is 17.2. The number of hydrogen-bond acceptors (Lipinski definition) is 4. The van der Waals surface area contributed by atoms with Gasteiger partial charge in [-0.2, -0.15) is 0 Å². The number of benzene rings is 3. The van der Waals surface area contributed by atoms with Gasteiger partial charge in [0.15, 0.2) is 0 Å². The minimum absolute atomic E-state index is 0.00295. The van der Waals surface area contributed by atoms with E-state index in [2.05, 4.69) is 29.6 Å². The molecule has 0 fully saturated rings. The van der Waals surface area contributed by atoms with Gasteiger partial charge in [-0.25, -0.2) is 9.18 Å². The summed E-state index contributed by atoms with van der Waals surface area (Å²) in [7, 11) is 0. The summed E-state index contributed by atoms with van der Waals surface area (Å²) in [5.74, 6) is -0.674. The van der Waals surface area contributed by atoms with Crippen molar-refractivity contribution in [2.45, 2.75) is 12.3 Å². The van der Waals surface area contributed by atoms with Gasteiger partial charge in [-0.1, -0.05) is 60.7 Å². The molecule has 1 amide bonds. The zero-order valence-electron chi connectivity index (χ0n) is 17.2. The number of nitro benzene ring substituents is 1. The number of hydrogen-bond donors (Lipinski definition) is 1. The predicted octanol–water partition coefficient (Wildman–Crippen LogP) is 5.68. The predicted molar refractivity (Wildman–Crippen MR) is 120 cm³/mol. The maximum atomic E-state index is 13.5. The highest BCUT2D eigenvalue weighted by atomic mass is 19.1. The summed E-state index contributed by atoms with van der Waals surface area (Å²) in [6.45, 7) is 0.563. The third kappa shape index (κ3) is 4.67. The van der Waals surface area contributed by atoms with Gasteiger partial charge < -0.3 is 10.1 Å². The molecule has 0 aliphatic heterocycles. The van der Waals surface area contributed by atoms with Crippen LogP contribution >= 0.6 is 0 Å². The molecule has 6 nitrogen and oxygen atoms in total. The first kappa shape index (κ1) is 21.2. The van der Waals surface area contributed by atoms with Crippen LogP contribution < -0.4 is 5.32 Å². The summed E-state index contributed by atoms with van der Waals surface area (Å²) in [6.07, 6.45) is 3.24. The number of halogens is 1. The highest BCUT2D eigenvalue weighted by Crippen LogP contribution is 2.44. The first-order chi connectivity index (χ1) is 15.5. The molecule has 7 heteroatoms. The van der Waals surface area contributed by atoms with Crippen LogP contribution in [0.15, 0.2) is 72.8 Å². The molecular weight excluding hydrogens is 411 g/mol. The Labute approximate surface area is 184 Å². The number of rotatable bonds is 7. The monoisotopic (exact) mass is 432 g/mol. The van der Waals surface area contributed by atoms with Gasteiger partial charge in [-0.3, -0.25) is 10.1 Å². The van der Waals surface area contributed by atoms with Crippen molar-refractivity contribution in [3.8, 4) is 11.1 Å². The van der Waals surface area contributed by atoms with Gasteiger partial charge in [-0.15, -0.1) is 0 Å². The van der Waals surface area contributed by atoms with E-state index in [1.807, 2.05) is 24.3 Å². The largest absolute Gasteiger partial charge is 0.449 e. The summed E-state index contributed by atoms with van der Waals surface area (Å²) >= 11 is 0. The van der Waals surface area contributed by atoms with E-state index in [9.17, 15) is 19.3 Å². The lowest BCUT2D eigenvalue weighted by Crippen LogP contribution is -2.26. The molecule has 1 aliphatic carbocycles. The highest BCUT2D eigenvalue weighted by Gasteiger charge is 2.28. The fourth-order valence-electron chi connectivity index (χ4n) is 3.92. The molecule has 1 aliphatic rings. The summed E-state index contributed by atoms with van der Waals surface area (Å²) in [4.78, 5) is 22.3. The van der Waals surface area contributed by atoms with Crippen molar-refractivity contribution in [3.63, 3.8) is 0 Å². The molecule has 1 N–H and O–H groups in total. The standard InChI is InChI=1S/C25H21FN2O4/c26-18-13-17(14-19(15-18)28(30)31)7-5-6-12-27-25(29)32-16-24-22-10-3-1-8-20(22)21-9-2-4-11-23(21)24/h1-5,7-11,13-15,24H,6,12,16H2,(H,27,29). The van der Waals surface area contributed by atoms with E-state index < -0.39 is 16.8 Å². The number of alkyl carbamates (subject to hydrolysis) is 1. The van der Waals surface area contributed by atoms with Gasteiger partial charge in [0.25, 0.3) is 5.69 Å². The number of amides is 1. The smallest absolute Gasteiger partial charge is 0.407 e. The average molecular weight is 432 g/mol. The molecule has 3 aromatic carbocycles. The quantitative estimate of drug-likeness (QED) is 0.296. The van der Waals surface area contributed by atoms with E-state index in [4.69, 9.17) is 4.74 Å². The van der Waals surface area contributed by atoms with Crippen LogP contribution in [-0.2, 0) is 4.74 Å². The molecule has 0 spiro atoms. The summed E-state index contributed by atoms with van der Waals surface area (Å²) in [6, 6.07) is 19.6. The number of nitrogens with one attached hydrogen (secondary N) is 1. The molecule has 32 heavy (non-hydrogen) atoms. The van der Waals surface area contributed by atoms with E-state index >= 15 is 0 Å². The Hall–Kier alpha value is -4.00. The van der Waals surface area contributed by atoms with E-state index in [0.717, 1.165) is 17.2 Å². The molecule has 3 aromatic rings. The molecule has 0 aromatic heterocycles. The normalized spacial score (nSPS) is 12.4. The molecule has 0 unspecified atom stereocenters. The van der Waals surface area contributed by atoms with Crippen molar-refractivity contribution in [2.75, 3.05) is 13.2 Å². The maximum Gasteiger partial charge on any atom is 0.407 e. The Morgan fingerprint density at radius 2 is 1.72 bits per heavy atom. The Kier molecular flexibility index (Phi) is 6.26. The maximum absolute atomic E-state index is 13.5. The topological polar surface area (TPSA) is 81.5 Å². The van der Waals surface area contributed by atoms with Gasteiger partial charge in [0, 0.05) is 18.5 Å². The average Bonchev–Trinajstić information content (AvgIpc) is 3.11. The van der Waals surface area contributed by atoms with Gasteiger partial charge >= 0.3 is 6.09 Å². The number of carbonyl (C=O) groups excluding carboxylic acids is 1. The summed E-state index contributed by atoms with van der Waals surface area (Å²) < 4.78 is 18.9. The Bertz CT molecular complexity index is 1150. The van der Waals surface area contributed by atoms with Gasteiger partial charge in [0.05, 0.1) is 11.0 Å². The number of fused-ring (bicyclic) bond motifs is 3. The first-order valence-electron chi connectivity index (χ1n) is 10.2. The third-order valence-electron chi connectivity index (χ3n) is 5.35. The lowest BCUT2D eigenvalue weighted by molar-refractivity contribution is -0.385. The third-order valence-corrected chi connectivity index (χ3v) is 5.35.